The van der Waals surface area contributed by atoms with Crippen LogP contribution >= 0.6 is 0 Å². The highest BCUT2D eigenvalue weighted by atomic mass is 16.6. The van der Waals surface area contributed by atoms with Gasteiger partial charge in [-0.05, 0) is 29.8 Å². The van der Waals surface area contributed by atoms with Crippen molar-refractivity contribution in [3.05, 3.63) is 75.4 Å². The number of methoxy groups -OCH3 is 1. The van der Waals surface area contributed by atoms with Gasteiger partial charge in [0.15, 0.2) is 11.5 Å². The first-order chi connectivity index (χ1) is 13.0. The number of ether oxygens (including phenoxy) is 1. The summed E-state index contributed by atoms with van der Waals surface area (Å²) in [5, 5.41) is 21.2. The summed E-state index contributed by atoms with van der Waals surface area (Å²) in [4.78, 5) is 37.0. The number of benzene rings is 1. The fourth-order valence-electron chi connectivity index (χ4n) is 2.97. The van der Waals surface area contributed by atoms with Gasteiger partial charge in [0.2, 0.25) is 5.78 Å². The molecular weight excluding hydrogens is 356 g/mol. The molecule has 0 spiro atoms. The van der Waals surface area contributed by atoms with Gasteiger partial charge in [0.05, 0.1) is 29.4 Å². The zero-order valence-electron chi connectivity index (χ0n) is 14.3. The minimum Gasteiger partial charge on any atom is -0.503 e. The molecule has 140 valence electrons. The van der Waals surface area contributed by atoms with Crippen LogP contribution in [0.1, 0.15) is 22.2 Å². The third kappa shape index (κ3) is 3.32. The van der Waals surface area contributed by atoms with Crippen LogP contribution in [0.15, 0.2) is 58.4 Å². The molecule has 1 aromatic carbocycles. The van der Waals surface area contributed by atoms with Crippen LogP contribution in [0.3, 0.4) is 0 Å². The number of amides is 1. The van der Waals surface area contributed by atoms with Crippen molar-refractivity contribution in [1.29, 1.82) is 0 Å². The van der Waals surface area contributed by atoms with Gasteiger partial charge in [-0.25, -0.2) is 0 Å². The molecule has 3 rings (SSSR count). The van der Waals surface area contributed by atoms with Crippen LogP contribution in [0.5, 0.6) is 0 Å². The molecule has 0 fully saturated rings. The lowest BCUT2D eigenvalue weighted by Crippen LogP contribution is -2.34. The summed E-state index contributed by atoms with van der Waals surface area (Å²) in [5.74, 6) is -2.04. The summed E-state index contributed by atoms with van der Waals surface area (Å²) < 4.78 is 10.1. The number of furan rings is 1. The third-order valence-electron chi connectivity index (χ3n) is 4.25. The first-order valence-electron chi connectivity index (χ1n) is 8.01. The number of nitro groups is 1. The largest absolute Gasteiger partial charge is 0.503 e. The van der Waals surface area contributed by atoms with E-state index in [1.807, 2.05) is 0 Å². The van der Waals surface area contributed by atoms with Crippen molar-refractivity contribution in [1.82, 2.24) is 4.90 Å². The number of nitro benzene ring substituents is 1. The Morgan fingerprint density at radius 1 is 1.33 bits per heavy atom. The van der Waals surface area contributed by atoms with Gasteiger partial charge in [0.25, 0.3) is 11.6 Å². The number of non-ortho nitro benzene ring substituents is 1. The second-order valence-corrected chi connectivity index (χ2v) is 5.81. The van der Waals surface area contributed by atoms with Crippen LogP contribution in [0.25, 0.3) is 0 Å². The number of aliphatic hydroxyl groups is 1. The number of carbonyl (C=O) groups is 2. The lowest BCUT2D eigenvalue weighted by Gasteiger charge is -2.26. The van der Waals surface area contributed by atoms with E-state index in [4.69, 9.17) is 9.15 Å². The van der Waals surface area contributed by atoms with Crippen molar-refractivity contribution >= 4 is 17.4 Å². The molecule has 2 aromatic rings. The number of hydrogen-bond acceptors (Lipinski definition) is 7. The van der Waals surface area contributed by atoms with E-state index in [2.05, 4.69) is 0 Å². The number of nitrogens with zero attached hydrogens (tertiary/aromatic N) is 2. The lowest BCUT2D eigenvalue weighted by molar-refractivity contribution is -0.384. The monoisotopic (exact) mass is 372 g/mol. The first kappa shape index (κ1) is 18.3. The van der Waals surface area contributed by atoms with Crippen molar-refractivity contribution in [2.45, 2.75) is 6.04 Å². The van der Waals surface area contributed by atoms with Crippen molar-refractivity contribution in [3.63, 3.8) is 0 Å². The van der Waals surface area contributed by atoms with E-state index in [1.54, 1.807) is 0 Å². The number of hydrogen-bond donors (Lipinski definition) is 1. The number of aliphatic hydroxyl groups excluding tert-OH is 1. The Morgan fingerprint density at radius 3 is 2.59 bits per heavy atom. The zero-order valence-corrected chi connectivity index (χ0v) is 14.3. The summed E-state index contributed by atoms with van der Waals surface area (Å²) >= 11 is 0. The molecule has 0 saturated heterocycles. The maximum atomic E-state index is 12.8. The van der Waals surface area contributed by atoms with Gasteiger partial charge in [-0.3, -0.25) is 19.7 Å². The highest BCUT2D eigenvalue weighted by Gasteiger charge is 2.44. The fraction of sp³-hybridized carbons (Fsp3) is 0.222. The van der Waals surface area contributed by atoms with E-state index in [0.29, 0.717) is 5.56 Å². The maximum Gasteiger partial charge on any atom is 0.290 e. The summed E-state index contributed by atoms with van der Waals surface area (Å²) in [6, 6.07) is 7.49. The average Bonchev–Trinajstić information content (AvgIpc) is 3.28. The molecule has 1 aliphatic heterocycles. The normalized spacial score (nSPS) is 16.9. The Labute approximate surface area is 153 Å². The van der Waals surface area contributed by atoms with Gasteiger partial charge in [-0.2, -0.15) is 0 Å². The molecule has 9 heteroatoms. The van der Waals surface area contributed by atoms with Crippen LogP contribution in [0.4, 0.5) is 5.69 Å². The highest BCUT2D eigenvalue weighted by molar-refractivity contribution is 6.15. The predicted molar refractivity (Wildman–Crippen MR) is 92.1 cm³/mol. The van der Waals surface area contributed by atoms with Crippen LogP contribution < -0.4 is 0 Å². The third-order valence-corrected chi connectivity index (χ3v) is 4.25. The van der Waals surface area contributed by atoms with E-state index < -0.39 is 28.4 Å². The van der Waals surface area contributed by atoms with Gasteiger partial charge in [0, 0.05) is 25.8 Å². The van der Waals surface area contributed by atoms with Crippen LogP contribution in [-0.4, -0.2) is 46.9 Å². The molecule has 27 heavy (non-hydrogen) atoms. The van der Waals surface area contributed by atoms with Crippen molar-refractivity contribution in [2.24, 2.45) is 0 Å². The topological polar surface area (TPSA) is 123 Å². The Kier molecular flexibility index (Phi) is 5.04. The maximum absolute atomic E-state index is 12.8. The lowest BCUT2D eigenvalue weighted by atomic mass is 9.95. The first-order valence-corrected chi connectivity index (χ1v) is 8.01. The van der Waals surface area contributed by atoms with Gasteiger partial charge in [-0.15, -0.1) is 0 Å². The van der Waals surface area contributed by atoms with Crippen molar-refractivity contribution < 1.29 is 28.8 Å². The molecule has 0 aliphatic carbocycles. The van der Waals surface area contributed by atoms with E-state index in [1.165, 1.54) is 54.7 Å². The Hall–Kier alpha value is -3.46. The molecule has 1 N–H and O–H groups in total. The van der Waals surface area contributed by atoms with Gasteiger partial charge < -0.3 is 19.2 Å². The van der Waals surface area contributed by atoms with Crippen molar-refractivity contribution in [2.75, 3.05) is 20.3 Å². The van der Waals surface area contributed by atoms with Gasteiger partial charge in [-0.1, -0.05) is 0 Å². The SMILES string of the molecule is COCCN1C(=O)C(O)=C(C(=O)c2ccco2)[C@H]1c1ccc([N+](=O)[O-])cc1. The summed E-state index contributed by atoms with van der Waals surface area (Å²) in [6.45, 7) is 0.306. The summed E-state index contributed by atoms with van der Waals surface area (Å²) in [7, 11) is 1.46. The molecule has 0 saturated carbocycles. The molecule has 1 amide bonds. The quantitative estimate of drug-likeness (QED) is 0.450. The van der Waals surface area contributed by atoms with Crippen LogP contribution in [0.2, 0.25) is 0 Å². The molecule has 0 unspecified atom stereocenters. The standard InChI is InChI=1S/C18H16N2O7/c1-26-10-8-19-15(11-4-6-12(7-5-11)20(24)25)14(17(22)18(19)23)16(21)13-3-2-9-27-13/h2-7,9,15,22H,8,10H2,1H3/t15-/m1/s1. The second-order valence-electron chi connectivity index (χ2n) is 5.81. The summed E-state index contributed by atoms with van der Waals surface area (Å²) in [5.41, 5.74) is 0.183. The molecule has 1 aliphatic rings. The Balaban J connectivity index is 2.06. The fourth-order valence-corrected chi connectivity index (χ4v) is 2.97. The van der Waals surface area contributed by atoms with E-state index in [0.717, 1.165) is 0 Å². The minimum atomic E-state index is -0.911. The number of ketones is 1. The number of rotatable bonds is 7. The molecule has 9 nitrogen and oxygen atoms in total. The number of Topliss-reactive ketones (excluding diaryl/α,β-unsaturated/α-hetero) is 1. The number of carbonyl (C=O) groups excluding carboxylic acids is 2. The van der Waals surface area contributed by atoms with E-state index in [-0.39, 0.29) is 30.2 Å². The molecule has 1 aromatic heterocycles. The van der Waals surface area contributed by atoms with E-state index >= 15 is 0 Å². The van der Waals surface area contributed by atoms with Gasteiger partial charge >= 0.3 is 0 Å². The van der Waals surface area contributed by atoms with Gasteiger partial charge in [0.1, 0.15) is 0 Å². The van der Waals surface area contributed by atoms with Crippen LogP contribution in [0, 0.1) is 10.1 Å². The second kappa shape index (κ2) is 7.42. The van der Waals surface area contributed by atoms with Crippen molar-refractivity contribution in [3.8, 4) is 0 Å². The smallest absolute Gasteiger partial charge is 0.290 e. The molecule has 1 atom stereocenters. The highest BCUT2D eigenvalue weighted by Crippen LogP contribution is 2.39. The zero-order chi connectivity index (χ0) is 19.6. The molecular formula is C18H16N2O7. The summed E-state index contributed by atoms with van der Waals surface area (Å²) in [6.07, 6.45) is 1.31. The average molecular weight is 372 g/mol. The molecule has 2 heterocycles. The van der Waals surface area contributed by atoms with E-state index in [9.17, 15) is 24.8 Å². The molecule has 0 bridgehead atoms. The Morgan fingerprint density at radius 2 is 2.04 bits per heavy atom. The Bertz CT molecular complexity index is 900. The van der Waals surface area contributed by atoms with Crippen LogP contribution in [-0.2, 0) is 9.53 Å². The predicted octanol–water partition coefficient (Wildman–Crippen LogP) is 2.41. The molecule has 0 radical (unpaired) electrons. The minimum absolute atomic E-state index is 0.0233.